The second kappa shape index (κ2) is 72.7. The highest BCUT2D eigenvalue weighted by molar-refractivity contribution is 7.44. The predicted octanol–water partition coefficient (Wildman–Crippen LogP) is 22.0. The highest BCUT2D eigenvalue weighted by Gasteiger charge is 2.40. The third kappa shape index (κ3) is 53.8. The zero-order chi connectivity index (χ0) is 92.6. The Labute approximate surface area is 755 Å². The molecule has 0 spiro atoms. The highest BCUT2D eigenvalue weighted by atomic mass is 31.2. The van der Waals surface area contributed by atoms with Gasteiger partial charge in [0.25, 0.3) is 8.53 Å². The lowest BCUT2D eigenvalue weighted by Gasteiger charge is -2.41. The van der Waals surface area contributed by atoms with E-state index in [1.54, 1.807) is 0 Å². The number of ketones is 5. The van der Waals surface area contributed by atoms with Crippen molar-refractivity contribution >= 4 is 73.1 Å². The SMILES string of the molecule is CCCCCCC(=O)N1CC[C@@H](OC(=O)CCC(C)=O)[C@H](CC)C1.CCCCCCC(=O)N1CC[C@H](OC(=O)CCC(C)=O)[C@H](CC)C1.CCCCCCCN1CC[C@@H](OC(=O)CCC(C)=O)[C@H](CC)C1.CCCCCCCN1CC[C@H](OC(=O)CCC(C)=O)[C@H](CC)C1.[C-]#[N+]CCOP(O[C@H]1CCC(C(=O)CCCCCC)C[C@H]1CC)N(C(C)C)C(C)C. The monoisotopic (exact) mass is 1770 g/mol. The van der Waals surface area contributed by atoms with E-state index in [2.05, 4.69) is 116 Å². The summed E-state index contributed by atoms with van der Waals surface area (Å²) in [6.07, 6.45) is 41.4. The number of likely N-dealkylation sites (tertiary alicyclic amines) is 4. The van der Waals surface area contributed by atoms with Crippen LogP contribution in [0.25, 0.3) is 4.85 Å². The number of amides is 2. The molecule has 1 aliphatic carbocycles. The van der Waals surface area contributed by atoms with Gasteiger partial charge in [0.2, 0.25) is 18.4 Å². The molecule has 5 fully saturated rings. The number of unbranched alkanes of at least 4 members (excludes halogenated alkanes) is 17. The Morgan fingerprint density at radius 1 is 0.363 bits per heavy atom. The van der Waals surface area contributed by atoms with Crippen molar-refractivity contribution in [3.63, 3.8) is 0 Å². The number of carbonyl (C=O) groups is 11. The van der Waals surface area contributed by atoms with Gasteiger partial charge in [0.15, 0.2) is 0 Å². The van der Waals surface area contributed by atoms with Gasteiger partial charge in [-0.15, -0.1) is 0 Å². The number of hydrogen-bond donors (Lipinski definition) is 0. The smallest absolute Gasteiger partial charge is 0.306 e. The van der Waals surface area contributed by atoms with E-state index in [1.165, 1.54) is 150 Å². The van der Waals surface area contributed by atoms with Crippen LogP contribution in [-0.4, -0.2) is 210 Å². The van der Waals surface area contributed by atoms with Crippen molar-refractivity contribution in [2.75, 3.05) is 78.6 Å². The average molecular weight is 1770 g/mol. The van der Waals surface area contributed by atoms with Crippen molar-refractivity contribution in [2.45, 2.75) is 456 Å². The molecule has 4 saturated heterocycles. The molecular formula is C100H181N6O17P. The van der Waals surface area contributed by atoms with Crippen LogP contribution in [0, 0.1) is 42.1 Å². The number of carbonyl (C=O) groups excluding carboxylic acids is 11. The molecule has 2 amide bonds. The summed E-state index contributed by atoms with van der Waals surface area (Å²) >= 11 is 0. The van der Waals surface area contributed by atoms with Gasteiger partial charge in [0.05, 0.1) is 31.8 Å². The summed E-state index contributed by atoms with van der Waals surface area (Å²) in [6.45, 7) is 53.3. The third-order valence-corrected chi connectivity index (χ3v) is 27.3. The molecule has 4 heterocycles. The Hall–Kier alpha value is -5.11. The van der Waals surface area contributed by atoms with Crippen molar-refractivity contribution in [1.82, 2.24) is 24.3 Å². The van der Waals surface area contributed by atoms with E-state index < -0.39 is 8.53 Å². The Balaban J connectivity index is 0.000000778. The van der Waals surface area contributed by atoms with Crippen LogP contribution in [0.4, 0.5) is 0 Å². The molecule has 0 bridgehead atoms. The molecule has 12 atom stereocenters. The minimum absolute atomic E-state index is 0.00230. The standard InChI is InChI=1S/C24H45N2O3P.2C19H33NO4.2C19H35NO3/c1-8-10-11-12-13-23(27)22-14-15-24(21(9-2)18-22)29-30(28-17-16-25-7)26(19(3)4)20(5)6;2*1-4-6-7-8-9-18(22)20-13-12-17(16(5-2)14-20)24-19(23)11-10-15(3)21;2*1-4-6-7-8-9-13-20-14-12-18(17(5-2)15-20)23-19(22)11-10-16(3)21/h19-22,24H,8-18H2,1-6H3;2*16-17H,4-14H2,1-3H3;2*17-18H,4-15H2,1-3H3/t21-,22?,24+,30?;16-,17+;16-,17-;17-,18+;17-,18-/m11111/s1. The molecule has 0 aromatic carbocycles. The zero-order valence-corrected chi connectivity index (χ0v) is 82.8. The number of esters is 4. The van der Waals surface area contributed by atoms with E-state index in [-0.39, 0.29) is 146 Å². The summed E-state index contributed by atoms with van der Waals surface area (Å²) in [6, 6.07) is 0.621. The molecule has 23 nitrogen and oxygen atoms in total. The van der Waals surface area contributed by atoms with Crippen molar-refractivity contribution in [2.24, 2.45) is 35.5 Å². The molecule has 4 aliphatic heterocycles. The fourth-order valence-corrected chi connectivity index (χ4v) is 19.1. The summed E-state index contributed by atoms with van der Waals surface area (Å²) in [4.78, 5) is 141. The van der Waals surface area contributed by atoms with Crippen molar-refractivity contribution < 1.29 is 80.7 Å². The molecule has 5 aliphatic rings. The first-order valence-corrected chi connectivity index (χ1v) is 51.1. The molecule has 0 aromatic rings. The Kier molecular flexibility index (Phi) is 68.5. The number of Topliss-reactive ketones (excluding diaryl/α,β-unsaturated/α-hetero) is 5. The Bertz CT molecular complexity index is 2810. The van der Waals surface area contributed by atoms with Crippen LogP contribution < -0.4 is 0 Å². The number of ether oxygens (including phenoxy) is 4. The average Bonchev–Trinajstić information content (AvgIpc) is 0.837. The minimum atomic E-state index is -1.21. The first-order chi connectivity index (χ1) is 59.4. The topological polar surface area (TPSA) is 264 Å². The maximum Gasteiger partial charge on any atom is 0.306 e. The lowest BCUT2D eigenvalue weighted by atomic mass is 9.76. The Morgan fingerprint density at radius 2 is 0.677 bits per heavy atom. The second-order valence-electron chi connectivity index (χ2n) is 36.6. The quantitative estimate of drug-likeness (QED) is 0.0180. The molecule has 24 heteroatoms. The lowest BCUT2D eigenvalue weighted by molar-refractivity contribution is -0.158. The normalized spacial score (nSPS) is 21.8. The first-order valence-electron chi connectivity index (χ1n) is 49.9. The molecule has 2 unspecified atom stereocenters. The maximum absolute atomic E-state index is 12.7. The highest BCUT2D eigenvalue weighted by Crippen LogP contribution is 2.50. The molecule has 0 N–H and O–H groups in total. The van der Waals surface area contributed by atoms with Gasteiger partial charge < -0.3 is 71.6 Å². The van der Waals surface area contributed by atoms with Crippen LogP contribution in [0.1, 0.15) is 414 Å². The van der Waals surface area contributed by atoms with Crippen LogP contribution in [-0.2, 0) is 80.7 Å². The van der Waals surface area contributed by atoms with E-state index >= 15 is 0 Å². The van der Waals surface area contributed by atoms with Crippen LogP contribution in [0.15, 0.2) is 0 Å². The van der Waals surface area contributed by atoms with Crippen LogP contribution in [0.2, 0.25) is 0 Å². The zero-order valence-electron chi connectivity index (χ0n) is 81.9. The predicted molar refractivity (Wildman–Crippen MR) is 500 cm³/mol. The number of nitrogens with zero attached hydrogens (tertiary/aromatic N) is 6. The maximum atomic E-state index is 12.7. The van der Waals surface area contributed by atoms with E-state index in [1.807, 2.05) is 9.80 Å². The van der Waals surface area contributed by atoms with Gasteiger partial charge in [-0.25, -0.2) is 11.2 Å². The minimum Gasteiger partial charge on any atom is -0.462 e. The summed E-state index contributed by atoms with van der Waals surface area (Å²) in [5.74, 6) is 1.86. The van der Waals surface area contributed by atoms with Crippen LogP contribution >= 0.6 is 8.53 Å². The molecule has 5 rings (SSSR count). The van der Waals surface area contributed by atoms with Gasteiger partial charge in [-0.05, 0) is 164 Å². The molecule has 124 heavy (non-hydrogen) atoms. The fourth-order valence-electron chi connectivity index (χ4n) is 17.3. The first kappa shape index (κ1) is 117. The fraction of sp³-hybridized carbons (Fsp3) is 0.880. The lowest BCUT2D eigenvalue weighted by Crippen LogP contribution is -2.47. The van der Waals surface area contributed by atoms with Crippen LogP contribution in [0.3, 0.4) is 0 Å². The van der Waals surface area contributed by atoms with E-state index in [4.69, 9.17) is 34.6 Å². The van der Waals surface area contributed by atoms with E-state index in [0.717, 1.165) is 129 Å². The third-order valence-electron chi connectivity index (χ3n) is 25.2. The van der Waals surface area contributed by atoms with Gasteiger partial charge in [-0.3, -0.25) is 33.6 Å². The summed E-state index contributed by atoms with van der Waals surface area (Å²) in [5.41, 5.74) is 0. The summed E-state index contributed by atoms with van der Waals surface area (Å²) in [7, 11) is -1.21. The van der Waals surface area contributed by atoms with Gasteiger partial charge in [-0.2, -0.15) is 0 Å². The second-order valence-corrected chi connectivity index (χ2v) is 38.0. The summed E-state index contributed by atoms with van der Waals surface area (Å²) in [5, 5.41) is 0. The molecule has 1 saturated carbocycles. The van der Waals surface area contributed by atoms with Crippen molar-refractivity contribution in [3.05, 3.63) is 11.4 Å². The Morgan fingerprint density at radius 3 is 0.992 bits per heavy atom. The molecule has 0 radical (unpaired) electrons. The number of rotatable bonds is 57. The summed E-state index contributed by atoms with van der Waals surface area (Å²) < 4.78 is 37.4. The van der Waals surface area contributed by atoms with Gasteiger partial charge in [0, 0.05) is 152 Å². The number of piperidine rings is 4. The molecule has 718 valence electrons. The van der Waals surface area contributed by atoms with Gasteiger partial charge >= 0.3 is 23.9 Å². The molecular weight excluding hydrogens is 1590 g/mol. The van der Waals surface area contributed by atoms with Crippen LogP contribution in [0.5, 0.6) is 0 Å². The molecule has 0 aromatic heterocycles. The van der Waals surface area contributed by atoms with Crippen molar-refractivity contribution in [3.8, 4) is 0 Å². The van der Waals surface area contributed by atoms with Crippen molar-refractivity contribution in [1.29, 1.82) is 0 Å². The van der Waals surface area contributed by atoms with Gasteiger partial charge in [0.1, 0.15) is 59.9 Å². The van der Waals surface area contributed by atoms with E-state index in [9.17, 15) is 52.7 Å². The van der Waals surface area contributed by atoms with Gasteiger partial charge in [-0.1, -0.05) is 185 Å². The van der Waals surface area contributed by atoms with E-state index in [0.29, 0.717) is 113 Å². The largest absolute Gasteiger partial charge is 0.462 e. The number of hydrogen-bond acceptors (Lipinski definition) is 20.